The van der Waals surface area contributed by atoms with E-state index < -0.39 is 0 Å². The van der Waals surface area contributed by atoms with Crippen molar-refractivity contribution in [2.45, 2.75) is 40.5 Å². The van der Waals surface area contributed by atoms with E-state index >= 15 is 0 Å². The van der Waals surface area contributed by atoms with E-state index in [4.69, 9.17) is 4.74 Å². The summed E-state index contributed by atoms with van der Waals surface area (Å²) in [7, 11) is 0. The van der Waals surface area contributed by atoms with Gasteiger partial charge in [-0.2, -0.15) is 0 Å². The largest absolute Gasteiger partial charge is 0.494 e. The van der Waals surface area contributed by atoms with Crippen molar-refractivity contribution in [2.75, 3.05) is 6.61 Å². The van der Waals surface area contributed by atoms with Gasteiger partial charge in [0.25, 0.3) is 0 Å². The highest BCUT2D eigenvalue weighted by molar-refractivity contribution is 5.43. The van der Waals surface area contributed by atoms with Gasteiger partial charge in [-0.3, -0.25) is 0 Å². The molecule has 0 saturated heterocycles. The molecular formula is C14H21O. The smallest absolute Gasteiger partial charge is 0.123 e. The molecule has 0 aliphatic rings. The lowest BCUT2D eigenvalue weighted by Crippen LogP contribution is -2.00. The van der Waals surface area contributed by atoms with Crippen LogP contribution in [0.1, 0.15) is 51.7 Å². The molecule has 0 aliphatic heterocycles. The molecule has 0 atom stereocenters. The molecule has 1 radical (unpaired) electrons. The molecule has 0 N–H and O–H groups in total. The molecule has 15 heavy (non-hydrogen) atoms. The van der Waals surface area contributed by atoms with Crippen molar-refractivity contribution in [1.29, 1.82) is 0 Å². The van der Waals surface area contributed by atoms with Crippen molar-refractivity contribution >= 4 is 0 Å². The fourth-order valence-corrected chi connectivity index (χ4v) is 1.60. The van der Waals surface area contributed by atoms with Crippen molar-refractivity contribution in [3.63, 3.8) is 0 Å². The second-order valence-corrected chi connectivity index (χ2v) is 4.34. The van der Waals surface area contributed by atoms with Gasteiger partial charge in [0.05, 0.1) is 6.61 Å². The van der Waals surface area contributed by atoms with Crippen LogP contribution in [-0.2, 0) is 0 Å². The molecule has 0 bridgehead atoms. The molecule has 1 nitrogen and oxygen atoms in total. The minimum Gasteiger partial charge on any atom is -0.494 e. The molecule has 0 fully saturated rings. The van der Waals surface area contributed by atoms with Crippen LogP contribution in [0.2, 0.25) is 0 Å². The van der Waals surface area contributed by atoms with Crippen LogP contribution in [-0.4, -0.2) is 6.61 Å². The topological polar surface area (TPSA) is 9.23 Å². The molecule has 1 rings (SSSR count). The maximum absolute atomic E-state index is 5.68. The standard InChI is InChI=1S/C14H21O/c1-6-15-14-9-12(10(2)3)7-8-13(14)11(4)5/h7-9,11H,6H2,1-5H3. The first-order chi connectivity index (χ1) is 7.06. The molecule has 83 valence electrons. The third-order valence-corrected chi connectivity index (χ3v) is 2.51. The SMILES string of the molecule is CCOc1cc([C](C)C)ccc1C(C)C. The number of hydrogen-bond donors (Lipinski definition) is 0. The molecule has 0 saturated carbocycles. The summed E-state index contributed by atoms with van der Waals surface area (Å²) in [5, 5.41) is 0. The van der Waals surface area contributed by atoms with Crippen LogP contribution in [0.4, 0.5) is 0 Å². The molecule has 0 aliphatic carbocycles. The summed E-state index contributed by atoms with van der Waals surface area (Å²) in [4.78, 5) is 0. The Kier molecular flexibility index (Phi) is 4.19. The van der Waals surface area contributed by atoms with Crippen LogP contribution in [0.5, 0.6) is 5.75 Å². The Hall–Kier alpha value is -0.980. The quantitative estimate of drug-likeness (QED) is 0.716. The summed E-state index contributed by atoms with van der Waals surface area (Å²) in [6.45, 7) is 11.4. The monoisotopic (exact) mass is 205 g/mol. The Morgan fingerprint density at radius 1 is 1.27 bits per heavy atom. The molecule has 1 aromatic rings. The first-order valence-electron chi connectivity index (χ1n) is 5.63. The van der Waals surface area contributed by atoms with Gasteiger partial charge in [0.15, 0.2) is 0 Å². The van der Waals surface area contributed by atoms with Gasteiger partial charge in [0, 0.05) is 0 Å². The highest BCUT2D eigenvalue weighted by Crippen LogP contribution is 2.29. The van der Waals surface area contributed by atoms with Crippen LogP contribution < -0.4 is 4.74 Å². The van der Waals surface area contributed by atoms with Crippen LogP contribution >= 0.6 is 0 Å². The van der Waals surface area contributed by atoms with Gasteiger partial charge in [-0.25, -0.2) is 0 Å². The molecule has 0 unspecified atom stereocenters. The minimum absolute atomic E-state index is 0.512. The number of ether oxygens (including phenoxy) is 1. The zero-order valence-corrected chi connectivity index (χ0v) is 10.4. The molecule has 0 heterocycles. The van der Waals surface area contributed by atoms with E-state index in [2.05, 4.69) is 45.9 Å². The van der Waals surface area contributed by atoms with Crippen LogP contribution in [0.3, 0.4) is 0 Å². The fourth-order valence-electron chi connectivity index (χ4n) is 1.60. The van der Waals surface area contributed by atoms with Gasteiger partial charge in [0.2, 0.25) is 0 Å². The van der Waals surface area contributed by atoms with E-state index in [1.165, 1.54) is 17.0 Å². The molecule has 0 aromatic heterocycles. The average Bonchev–Trinajstić information content (AvgIpc) is 2.17. The van der Waals surface area contributed by atoms with Gasteiger partial charge in [0.1, 0.15) is 5.75 Å². The predicted molar refractivity (Wildman–Crippen MR) is 65.4 cm³/mol. The second kappa shape index (κ2) is 5.20. The van der Waals surface area contributed by atoms with Crippen molar-refractivity contribution < 1.29 is 4.74 Å². The number of hydrogen-bond acceptors (Lipinski definition) is 1. The van der Waals surface area contributed by atoms with Crippen molar-refractivity contribution in [2.24, 2.45) is 0 Å². The highest BCUT2D eigenvalue weighted by atomic mass is 16.5. The maximum atomic E-state index is 5.68. The average molecular weight is 205 g/mol. The maximum Gasteiger partial charge on any atom is 0.123 e. The van der Waals surface area contributed by atoms with E-state index in [1.807, 2.05) is 6.92 Å². The number of benzene rings is 1. The van der Waals surface area contributed by atoms with Crippen LogP contribution in [0, 0.1) is 5.92 Å². The van der Waals surface area contributed by atoms with Crippen LogP contribution in [0.15, 0.2) is 18.2 Å². The summed E-state index contributed by atoms with van der Waals surface area (Å²) in [6, 6.07) is 6.50. The zero-order valence-electron chi connectivity index (χ0n) is 10.4. The lowest BCUT2D eigenvalue weighted by atomic mass is 9.96. The van der Waals surface area contributed by atoms with Crippen LogP contribution in [0.25, 0.3) is 0 Å². The summed E-state index contributed by atoms with van der Waals surface area (Å²) < 4.78 is 5.68. The highest BCUT2D eigenvalue weighted by Gasteiger charge is 2.10. The van der Waals surface area contributed by atoms with E-state index in [1.54, 1.807) is 0 Å². The number of rotatable bonds is 4. The van der Waals surface area contributed by atoms with Crippen molar-refractivity contribution in [1.82, 2.24) is 0 Å². The van der Waals surface area contributed by atoms with Gasteiger partial charge in [-0.05, 0) is 36.0 Å². The summed E-state index contributed by atoms with van der Waals surface area (Å²) in [5.74, 6) is 2.87. The first kappa shape index (κ1) is 12.1. The lowest BCUT2D eigenvalue weighted by molar-refractivity contribution is 0.335. The van der Waals surface area contributed by atoms with Gasteiger partial charge < -0.3 is 4.74 Å². The van der Waals surface area contributed by atoms with E-state index in [9.17, 15) is 0 Å². The summed E-state index contributed by atoms with van der Waals surface area (Å²) >= 11 is 0. The molecule has 1 aromatic carbocycles. The predicted octanol–water partition coefficient (Wildman–Crippen LogP) is 4.17. The van der Waals surface area contributed by atoms with Crippen molar-refractivity contribution in [3.05, 3.63) is 35.2 Å². The van der Waals surface area contributed by atoms with Gasteiger partial charge in [-0.15, -0.1) is 0 Å². The zero-order chi connectivity index (χ0) is 11.4. The normalized spacial score (nSPS) is 11.1. The Morgan fingerprint density at radius 3 is 2.40 bits per heavy atom. The van der Waals surface area contributed by atoms with E-state index in [-0.39, 0.29) is 0 Å². The van der Waals surface area contributed by atoms with Gasteiger partial charge >= 0.3 is 0 Å². The van der Waals surface area contributed by atoms with E-state index in [0.29, 0.717) is 5.92 Å². The Bertz CT molecular complexity index is 313. The van der Waals surface area contributed by atoms with Crippen molar-refractivity contribution in [3.8, 4) is 5.75 Å². The minimum atomic E-state index is 0.512. The second-order valence-electron chi connectivity index (χ2n) is 4.34. The Morgan fingerprint density at radius 2 is 1.93 bits per heavy atom. The molecule has 1 heteroatoms. The summed E-state index contributed by atoms with van der Waals surface area (Å²) in [6.07, 6.45) is 0. The molecule has 0 amide bonds. The molecular weight excluding hydrogens is 184 g/mol. The Labute approximate surface area is 93.5 Å². The molecule has 0 spiro atoms. The Balaban J connectivity index is 3.08. The third kappa shape index (κ3) is 2.98. The third-order valence-electron chi connectivity index (χ3n) is 2.51. The lowest BCUT2D eigenvalue weighted by Gasteiger charge is -2.15. The first-order valence-corrected chi connectivity index (χ1v) is 5.63. The summed E-state index contributed by atoms with van der Waals surface area (Å²) in [5.41, 5.74) is 2.56. The fraction of sp³-hybridized carbons (Fsp3) is 0.500. The van der Waals surface area contributed by atoms with E-state index in [0.717, 1.165) is 12.4 Å². The van der Waals surface area contributed by atoms with Gasteiger partial charge in [-0.1, -0.05) is 39.8 Å².